The fraction of sp³-hybridized carbons (Fsp3) is 0.0714. The Hall–Kier alpha value is -0.720. The van der Waals surface area contributed by atoms with Gasteiger partial charge in [0.2, 0.25) is 0 Å². The number of ketones is 1. The van der Waals surface area contributed by atoms with Crippen LogP contribution in [0.5, 0.6) is 0 Å². The molecule has 0 aliphatic carbocycles. The second-order valence-electron chi connectivity index (χ2n) is 3.99. The van der Waals surface area contributed by atoms with E-state index >= 15 is 0 Å². The van der Waals surface area contributed by atoms with Crippen molar-refractivity contribution in [3.05, 3.63) is 55.8 Å². The molecule has 4 heteroatoms. The van der Waals surface area contributed by atoms with Gasteiger partial charge < -0.3 is 0 Å². The Bertz CT molecular complexity index is 665. The molecule has 2 aromatic heterocycles. The van der Waals surface area contributed by atoms with E-state index in [2.05, 4.69) is 34.0 Å². The van der Waals surface area contributed by atoms with Crippen molar-refractivity contribution < 1.29 is 4.79 Å². The Morgan fingerprint density at radius 3 is 2.61 bits per heavy atom. The summed E-state index contributed by atoms with van der Waals surface area (Å²) in [5.41, 5.74) is 1.08. The zero-order chi connectivity index (χ0) is 12.5. The topological polar surface area (TPSA) is 17.1 Å². The summed E-state index contributed by atoms with van der Waals surface area (Å²) in [5, 5.41) is 2.06. The number of fused-ring (bicyclic) bond motifs is 1. The lowest BCUT2D eigenvalue weighted by atomic mass is 10.1. The van der Waals surface area contributed by atoms with Crippen molar-refractivity contribution >= 4 is 60.4 Å². The van der Waals surface area contributed by atoms with Crippen molar-refractivity contribution in [2.75, 3.05) is 0 Å². The molecule has 0 atom stereocenters. The normalized spacial score (nSPS) is 10.9. The number of halogens is 1. The zero-order valence-electron chi connectivity index (χ0n) is 9.35. The number of thiophene rings is 2. The molecule has 0 spiro atoms. The molecule has 90 valence electrons. The predicted molar refractivity (Wildman–Crippen MR) is 86.9 cm³/mol. The molecule has 3 aromatic rings. The fourth-order valence-electron chi connectivity index (χ4n) is 1.78. The minimum Gasteiger partial charge on any atom is -0.293 e. The third kappa shape index (κ3) is 2.50. The molecule has 0 unspecified atom stereocenters. The average Bonchev–Trinajstić information content (AvgIpc) is 2.92. The maximum absolute atomic E-state index is 12.2. The summed E-state index contributed by atoms with van der Waals surface area (Å²) in [6.07, 6.45) is 0.491. The van der Waals surface area contributed by atoms with Crippen LogP contribution in [0.3, 0.4) is 0 Å². The SMILES string of the molecule is O=C(Cc1ccc(I)cc1)c1cc2sccc2s1. The molecule has 0 N–H and O–H groups in total. The van der Waals surface area contributed by atoms with Gasteiger partial charge in [-0.3, -0.25) is 4.79 Å². The molecule has 1 nitrogen and oxygen atoms in total. The second-order valence-corrected chi connectivity index (χ2v) is 7.26. The highest BCUT2D eigenvalue weighted by Crippen LogP contribution is 2.30. The highest BCUT2D eigenvalue weighted by Gasteiger charge is 2.11. The monoisotopic (exact) mass is 384 g/mol. The summed E-state index contributed by atoms with van der Waals surface area (Å²) >= 11 is 5.55. The second kappa shape index (κ2) is 5.11. The number of benzene rings is 1. The molecule has 0 saturated heterocycles. The molecule has 0 saturated carbocycles. The van der Waals surface area contributed by atoms with Gasteiger partial charge in [0.1, 0.15) is 0 Å². The summed E-state index contributed by atoms with van der Waals surface area (Å²) in [4.78, 5) is 13.1. The van der Waals surface area contributed by atoms with Crippen LogP contribution in [0.25, 0.3) is 9.40 Å². The number of hydrogen-bond donors (Lipinski definition) is 0. The predicted octanol–water partition coefficient (Wildman–Crippen LogP) is 4.99. The van der Waals surface area contributed by atoms with E-state index in [4.69, 9.17) is 0 Å². The molecular formula is C14H9IOS2. The van der Waals surface area contributed by atoms with Crippen LogP contribution in [0, 0.1) is 3.57 Å². The lowest BCUT2D eigenvalue weighted by Crippen LogP contribution is -2.00. The van der Waals surface area contributed by atoms with Crippen molar-refractivity contribution in [2.24, 2.45) is 0 Å². The molecule has 3 rings (SSSR count). The Labute approximate surface area is 127 Å². The van der Waals surface area contributed by atoms with Gasteiger partial charge in [-0.25, -0.2) is 0 Å². The average molecular weight is 384 g/mol. The van der Waals surface area contributed by atoms with Gasteiger partial charge in [0, 0.05) is 19.4 Å². The van der Waals surface area contributed by atoms with E-state index in [-0.39, 0.29) is 5.78 Å². The summed E-state index contributed by atoms with van der Waals surface area (Å²) in [7, 11) is 0. The van der Waals surface area contributed by atoms with Gasteiger partial charge in [0.05, 0.1) is 4.88 Å². The van der Waals surface area contributed by atoms with Crippen molar-refractivity contribution in [3.63, 3.8) is 0 Å². The first-order valence-electron chi connectivity index (χ1n) is 5.47. The van der Waals surface area contributed by atoms with Gasteiger partial charge in [-0.2, -0.15) is 0 Å². The highest BCUT2D eigenvalue weighted by molar-refractivity contribution is 14.1. The maximum Gasteiger partial charge on any atom is 0.177 e. The summed E-state index contributed by atoms with van der Waals surface area (Å²) in [5.74, 6) is 0.213. The van der Waals surface area contributed by atoms with Crippen molar-refractivity contribution in [3.8, 4) is 0 Å². The van der Waals surface area contributed by atoms with Gasteiger partial charge in [-0.15, -0.1) is 22.7 Å². The lowest BCUT2D eigenvalue weighted by molar-refractivity contribution is 0.0997. The number of Topliss-reactive ketones (excluding diaryl/α,β-unsaturated/α-hetero) is 1. The minimum absolute atomic E-state index is 0.213. The first kappa shape index (κ1) is 12.3. The lowest BCUT2D eigenvalue weighted by Gasteiger charge is -1.99. The quantitative estimate of drug-likeness (QED) is 0.459. The van der Waals surface area contributed by atoms with Crippen molar-refractivity contribution in [2.45, 2.75) is 6.42 Å². The van der Waals surface area contributed by atoms with Crippen LogP contribution in [0.2, 0.25) is 0 Å². The maximum atomic E-state index is 12.2. The van der Waals surface area contributed by atoms with E-state index < -0.39 is 0 Å². The minimum atomic E-state index is 0.213. The molecule has 0 aliphatic heterocycles. The van der Waals surface area contributed by atoms with Crippen LogP contribution in [0.1, 0.15) is 15.2 Å². The first-order valence-corrected chi connectivity index (χ1v) is 8.24. The van der Waals surface area contributed by atoms with Crippen LogP contribution in [0.15, 0.2) is 41.8 Å². The number of carbonyl (C=O) groups excluding carboxylic acids is 1. The Morgan fingerprint density at radius 1 is 1.11 bits per heavy atom. The van der Waals surface area contributed by atoms with Crippen molar-refractivity contribution in [1.82, 2.24) is 0 Å². The van der Waals surface area contributed by atoms with Crippen LogP contribution in [-0.2, 0) is 6.42 Å². The van der Waals surface area contributed by atoms with Crippen LogP contribution >= 0.6 is 45.3 Å². The standard InChI is InChI=1S/C14H9IOS2/c15-10-3-1-9(2-4-10)7-11(16)13-8-14-12(18-13)5-6-17-14/h1-6,8H,7H2. The number of rotatable bonds is 3. The van der Waals surface area contributed by atoms with Gasteiger partial charge in [-0.05, 0) is 57.8 Å². The summed E-state index contributed by atoms with van der Waals surface area (Å²) in [6, 6.07) is 12.2. The van der Waals surface area contributed by atoms with Crippen molar-refractivity contribution in [1.29, 1.82) is 0 Å². The summed E-state index contributed by atoms with van der Waals surface area (Å²) < 4.78 is 3.62. The Morgan fingerprint density at radius 2 is 1.89 bits per heavy atom. The molecule has 0 bridgehead atoms. The van der Waals surface area contributed by atoms with E-state index in [9.17, 15) is 4.79 Å². The third-order valence-electron chi connectivity index (χ3n) is 2.69. The van der Waals surface area contributed by atoms with Gasteiger partial charge in [0.15, 0.2) is 5.78 Å². The molecule has 0 aliphatic rings. The van der Waals surface area contributed by atoms with E-state index in [0.29, 0.717) is 6.42 Å². The van der Waals surface area contributed by atoms with Crippen LogP contribution < -0.4 is 0 Å². The van der Waals surface area contributed by atoms with E-state index in [0.717, 1.165) is 10.4 Å². The molecule has 0 radical (unpaired) electrons. The van der Waals surface area contributed by atoms with E-state index in [1.54, 1.807) is 22.7 Å². The molecular weight excluding hydrogens is 375 g/mol. The number of carbonyl (C=O) groups is 1. The van der Waals surface area contributed by atoms with E-state index in [1.807, 2.05) is 30.3 Å². The molecule has 2 heterocycles. The number of hydrogen-bond acceptors (Lipinski definition) is 3. The Kier molecular flexibility index (Phi) is 3.50. The molecule has 1 aromatic carbocycles. The molecule has 0 amide bonds. The zero-order valence-corrected chi connectivity index (χ0v) is 13.1. The van der Waals surface area contributed by atoms with Gasteiger partial charge in [-0.1, -0.05) is 12.1 Å². The third-order valence-corrected chi connectivity index (χ3v) is 5.55. The van der Waals surface area contributed by atoms with Crippen LogP contribution in [-0.4, -0.2) is 5.78 Å². The highest BCUT2D eigenvalue weighted by atomic mass is 127. The van der Waals surface area contributed by atoms with Gasteiger partial charge in [0.25, 0.3) is 0 Å². The van der Waals surface area contributed by atoms with E-state index in [1.165, 1.54) is 13.0 Å². The van der Waals surface area contributed by atoms with Crippen LogP contribution in [0.4, 0.5) is 0 Å². The largest absolute Gasteiger partial charge is 0.293 e. The van der Waals surface area contributed by atoms with Gasteiger partial charge >= 0.3 is 0 Å². The fourth-order valence-corrected chi connectivity index (χ4v) is 4.18. The Balaban J connectivity index is 1.82. The molecule has 0 fully saturated rings. The summed E-state index contributed by atoms with van der Waals surface area (Å²) in [6.45, 7) is 0. The smallest absolute Gasteiger partial charge is 0.177 e. The molecule has 18 heavy (non-hydrogen) atoms. The first-order chi connectivity index (χ1) is 8.72.